The van der Waals surface area contributed by atoms with Gasteiger partial charge >= 0.3 is 5.97 Å². The van der Waals surface area contributed by atoms with Gasteiger partial charge in [-0.1, -0.05) is 11.6 Å². The normalized spacial score (nSPS) is 14.0. The zero-order valence-corrected chi connectivity index (χ0v) is 22.8. The molecule has 3 amide bonds. The minimum atomic E-state index is -0.678. The Labute approximate surface area is 237 Å². The molecule has 40 heavy (non-hydrogen) atoms. The number of rotatable bonds is 10. The molecule has 2 heterocycles. The molecule has 1 aliphatic heterocycles. The Bertz CT molecular complexity index is 1490. The number of carbonyl (C=O) groups excluding carboxylic acids is 4. The number of anilines is 1. The third-order valence-corrected chi connectivity index (χ3v) is 6.53. The van der Waals surface area contributed by atoms with Crippen LogP contribution in [-0.2, 0) is 20.9 Å². The predicted molar refractivity (Wildman–Crippen MR) is 145 cm³/mol. The number of esters is 1. The van der Waals surface area contributed by atoms with Crippen molar-refractivity contribution in [3.63, 3.8) is 0 Å². The average molecular weight is 589 g/mol. The van der Waals surface area contributed by atoms with Crippen LogP contribution in [0.15, 0.2) is 57.9 Å². The number of furan rings is 1. The van der Waals surface area contributed by atoms with Crippen LogP contribution >= 0.6 is 23.4 Å². The van der Waals surface area contributed by atoms with Crippen LogP contribution in [0.3, 0.4) is 0 Å². The van der Waals surface area contributed by atoms with Gasteiger partial charge in [-0.2, -0.15) is 0 Å². The van der Waals surface area contributed by atoms with Crippen molar-refractivity contribution in [3.05, 3.63) is 81.4 Å². The van der Waals surface area contributed by atoms with E-state index in [2.05, 4.69) is 10.1 Å². The Morgan fingerprint density at radius 1 is 1.12 bits per heavy atom. The first-order chi connectivity index (χ1) is 19.2. The molecule has 4 rings (SSSR count). The molecule has 2 aromatic carbocycles. The lowest BCUT2D eigenvalue weighted by molar-refractivity contribution is -0.123. The van der Waals surface area contributed by atoms with Crippen LogP contribution in [0.1, 0.15) is 28.8 Å². The van der Waals surface area contributed by atoms with Crippen molar-refractivity contribution >= 4 is 58.1 Å². The second-order valence-corrected chi connectivity index (χ2v) is 9.53. The van der Waals surface area contributed by atoms with E-state index in [0.717, 1.165) is 16.7 Å². The summed E-state index contributed by atoms with van der Waals surface area (Å²) < 4.78 is 34.3. The molecule has 0 spiro atoms. The van der Waals surface area contributed by atoms with Gasteiger partial charge in [0.05, 0.1) is 30.2 Å². The highest BCUT2D eigenvalue weighted by Crippen LogP contribution is 2.39. The topological polar surface area (TPSA) is 124 Å². The van der Waals surface area contributed by atoms with E-state index in [4.69, 9.17) is 25.5 Å². The standard InChI is InChI=1S/C27H22ClFN2O8S/c1-3-37-21-11-15(10-19(28)24(21)38-14-23(32)30-17-6-4-16(29)5-7-17)12-22-25(33)31(27(35)40-22)13-18-8-9-20(39-18)26(34)36-2/h4-12H,3,13-14H2,1-2H3,(H,30,32)/b22-12+. The molecule has 0 aliphatic carbocycles. The number of carbonyl (C=O) groups is 4. The molecule has 10 nitrogen and oxygen atoms in total. The zero-order valence-electron chi connectivity index (χ0n) is 21.2. The van der Waals surface area contributed by atoms with Gasteiger partial charge in [-0.05, 0) is 78.9 Å². The van der Waals surface area contributed by atoms with Crippen molar-refractivity contribution in [1.82, 2.24) is 4.90 Å². The molecule has 0 bridgehead atoms. The summed E-state index contributed by atoms with van der Waals surface area (Å²) in [5.74, 6) is -1.65. The monoisotopic (exact) mass is 588 g/mol. The van der Waals surface area contributed by atoms with E-state index in [1.807, 2.05) is 0 Å². The molecule has 1 saturated heterocycles. The summed E-state index contributed by atoms with van der Waals surface area (Å²) in [4.78, 5) is 50.5. The van der Waals surface area contributed by atoms with Gasteiger partial charge in [-0.3, -0.25) is 19.3 Å². The second kappa shape index (κ2) is 12.7. The summed E-state index contributed by atoms with van der Waals surface area (Å²) in [6.07, 6.45) is 1.48. The summed E-state index contributed by atoms with van der Waals surface area (Å²) in [6.45, 7) is 1.43. The van der Waals surface area contributed by atoms with E-state index in [9.17, 15) is 23.6 Å². The van der Waals surface area contributed by atoms with E-state index < -0.39 is 35.4 Å². The van der Waals surface area contributed by atoms with Crippen molar-refractivity contribution < 1.29 is 42.2 Å². The second-order valence-electron chi connectivity index (χ2n) is 8.13. The summed E-state index contributed by atoms with van der Waals surface area (Å²) in [5.41, 5.74) is 0.847. The lowest BCUT2D eigenvalue weighted by Gasteiger charge is -2.14. The van der Waals surface area contributed by atoms with Crippen molar-refractivity contribution in [1.29, 1.82) is 0 Å². The summed E-state index contributed by atoms with van der Waals surface area (Å²) in [7, 11) is 1.21. The number of imide groups is 1. The van der Waals surface area contributed by atoms with Crippen LogP contribution in [0.2, 0.25) is 5.02 Å². The minimum Gasteiger partial charge on any atom is -0.490 e. The Morgan fingerprint density at radius 2 is 1.88 bits per heavy atom. The Balaban J connectivity index is 1.47. The maximum atomic E-state index is 13.1. The lowest BCUT2D eigenvalue weighted by Crippen LogP contribution is -2.27. The van der Waals surface area contributed by atoms with Crippen molar-refractivity contribution in [2.24, 2.45) is 0 Å². The number of amides is 3. The molecule has 13 heteroatoms. The summed E-state index contributed by atoms with van der Waals surface area (Å²) in [5, 5.41) is 2.17. The molecular formula is C27H22ClFN2O8S. The third-order valence-electron chi connectivity index (χ3n) is 5.34. The maximum absolute atomic E-state index is 13.1. The Hall–Kier alpha value is -4.29. The molecule has 1 N–H and O–H groups in total. The highest BCUT2D eigenvalue weighted by atomic mass is 35.5. The number of benzene rings is 2. The highest BCUT2D eigenvalue weighted by Gasteiger charge is 2.36. The van der Waals surface area contributed by atoms with Crippen LogP contribution in [-0.4, -0.2) is 48.2 Å². The lowest BCUT2D eigenvalue weighted by atomic mass is 10.1. The van der Waals surface area contributed by atoms with Gasteiger partial charge < -0.3 is 23.9 Å². The molecule has 3 aromatic rings. The van der Waals surface area contributed by atoms with Gasteiger partial charge in [0, 0.05) is 5.69 Å². The summed E-state index contributed by atoms with van der Waals surface area (Å²) >= 11 is 7.16. The molecule has 0 radical (unpaired) electrons. The van der Waals surface area contributed by atoms with E-state index in [1.165, 1.54) is 55.7 Å². The quantitative estimate of drug-likeness (QED) is 0.241. The van der Waals surface area contributed by atoms with Crippen molar-refractivity contribution in [2.45, 2.75) is 13.5 Å². The molecular weight excluding hydrogens is 567 g/mol. The number of thioether (sulfide) groups is 1. The van der Waals surface area contributed by atoms with Gasteiger partial charge in [-0.25, -0.2) is 9.18 Å². The van der Waals surface area contributed by atoms with Crippen LogP contribution in [0.5, 0.6) is 11.5 Å². The number of hydrogen-bond acceptors (Lipinski definition) is 9. The molecule has 1 fully saturated rings. The van der Waals surface area contributed by atoms with Crippen LogP contribution in [0, 0.1) is 5.82 Å². The third kappa shape index (κ3) is 6.82. The van der Waals surface area contributed by atoms with Gasteiger partial charge in [0.15, 0.2) is 18.1 Å². The predicted octanol–water partition coefficient (Wildman–Crippen LogP) is 5.51. The van der Waals surface area contributed by atoms with Crippen LogP contribution < -0.4 is 14.8 Å². The highest BCUT2D eigenvalue weighted by molar-refractivity contribution is 8.18. The summed E-state index contributed by atoms with van der Waals surface area (Å²) in [6, 6.07) is 11.2. The number of hydrogen-bond donors (Lipinski definition) is 1. The number of methoxy groups -OCH3 is 1. The first-order valence-corrected chi connectivity index (χ1v) is 12.9. The fraction of sp³-hybridized carbons (Fsp3) is 0.185. The van der Waals surface area contributed by atoms with Crippen molar-refractivity contribution in [2.75, 3.05) is 25.6 Å². The first kappa shape index (κ1) is 28.7. The Kier molecular flexibility index (Phi) is 9.12. The van der Waals surface area contributed by atoms with E-state index in [-0.39, 0.29) is 46.1 Å². The SMILES string of the molecule is CCOc1cc(/C=C2/SC(=O)N(Cc3ccc(C(=O)OC)o3)C2=O)cc(Cl)c1OCC(=O)Nc1ccc(F)cc1. The van der Waals surface area contributed by atoms with Crippen molar-refractivity contribution in [3.8, 4) is 11.5 Å². The number of nitrogens with zero attached hydrogens (tertiary/aromatic N) is 1. The molecule has 208 valence electrons. The van der Waals surface area contributed by atoms with E-state index in [1.54, 1.807) is 13.0 Å². The molecule has 1 aromatic heterocycles. The number of halogens is 2. The number of nitrogens with one attached hydrogen (secondary N) is 1. The van der Waals surface area contributed by atoms with E-state index >= 15 is 0 Å². The molecule has 0 atom stereocenters. The fourth-order valence-corrected chi connectivity index (χ4v) is 4.67. The largest absolute Gasteiger partial charge is 0.490 e. The van der Waals surface area contributed by atoms with Gasteiger partial charge in [0.2, 0.25) is 5.76 Å². The smallest absolute Gasteiger partial charge is 0.373 e. The molecule has 1 aliphatic rings. The van der Waals surface area contributed by atoms with Crippen LogP contribution in [0.4, 0.5) is 14.9 Å². The first-order valence-electron chi connectivity index (χ1n) is 11.8. The fourth-order valence-electron chi connectivity index (χ4n) is 3.56. The van der Waals surface area contributed by atoms with Gasteiger partial charge in [0.1, 0.15) is 11.6 Å². The van der Waals surface area contributed by atoms with Gasteiger partial charge in [-0.15, -0.1) is 0 Å². The van der Waals surface area contributed by atoms with Gasteiger partial charge in [0.25, 0.3) is 17.1 Å². The minimum absolute atomic E-state index is 0.0478. The van der Waals surface area contributed by atoms with E-state index in [0.29, 0.717) is 11.3 Å². The average Bonchev–Trinajstić information content (AvgIpc) is 3.49. The zero-order chi connectivity index (χ0) is 28.8. The molecule has 0 saturated carbocycles. The molecule has 0 unspecified atom stereocenters. The van der Waals surface area contributed by atoms with Crippen LogP contribution in [0.25, 0.3) is 6.08 Å². The number of ether oxygens (including phenoxy) is 3. The Morgan fingerprint density at radius 3 is 2.58 bits per heavy atom. The maximum Gasteiger partial charge on any atom is 0.373 e.